The topological polar surface area (TPSA) is 37.8 Å². The normalized spacial score (nSPS) is 12.5. The Morgan fingerprint density at radius 2 is 2.43 bits per heavy atom. The Morgan fingerprint density at radius 3 is 3.00 bits per heavy atom. The van der Waals surface area contributed by atoms with Crippen LogP contribution in [0.25, 0.3) is 0 Å². The minimum atomic E-state index is -1.27. The van der Waals surface area contributed by atoms with Gasteiger partial charge in [-0.05, 0) is 25.6 Å². The molecule has 0 bridgehead atoms. The first-order valence-electron chi connectivity index (χ1n) is 4.41. The summed E-state index contributed by atoms with van der Waals surface area (Å²) in [5.74, 6) is 0.185. The third kappa shape index (κ3) is 2.60. The van der Waals surface area contributed by atoms with E-state index in [0.717, 1.165) is 5.69 Å². The molecule has 14 heavy (non-hydrogen) atoms. The second kappa shape index (κ2) is 4.81. The fourth-order valence-corrected chi connectivity index (χ4v) is 1.04. The standard InChI is InChI=1S/C10H14FN3/c1-7(2)9(11)10-13-5-4-8(14-10)6-12-3/h4-5,9,12H,1,6H2,2-3H3. The molecule has 0 radical (unpaired) electrons. The van der Waals surface area contributed by atoms with Crippen LogP contribution in [0.4, 0.5) is 4.39 Å². The third-order valence-corrected chi connectivity index (χ3v) is 1.75. The third-order valence-electron chi connectivity index (χ3n) is 1.75. The van der Waals surface area contributed by atoms with Crippen LogP contribution in [0.1, 0.15) is 24.6 Å². The molecule has 1 rings (SSSR count). The van der Waals surface area contributed by atoms with Gasteiger partial charge >= 0.3 is 0 Å². The summed E-state index contributed by atoms with van der Waals surface area (Å²) >= 11 is 0. The van der Waals surface area contributed by atoms with E-state index < -0.39 is 6.17 Å². The van der Waals surface area contributed by atoms with Crippen LogP contribution in [-0.4, -0.2) is 17.0 Å². The lowest BCUT2D eigenvalue weighted by Gasteiger charge is -2.07. The van der Waals surface area contributed by atoms with Gasteiger partial charge in [0.25, 0.3) is 0 Å². The fourth-order valence-electron chi connectivity index (χ4n) is 1.04. The number of hydrogen-bond donors (Lipinski definition) is 1. The van der Waals surface area contributed by atoms with E-state index in [4.69, 9.17) is 0 Å². The van der Waals surface area contributed by atoms with E-state index in [1.54, 1.807) is 19.2 Å². The number of alkyl halides is 1. The molecule has 0 aromatic carbocycles. The summed E-state index contributed by atoms with van der Waals surface area (Å²) in [5, 5.41) is 2.94. The maximum absolute atomic E-state index is 13.4. The number of hydrogen-bond acceptors (Lipinski definition) is 3. The summed E-state index contributed by atoms with van der Waals surface area (Å²) < 4.78 is 13.4. The van der Waals surface area contributed by atoms with Gasteiger partial charge in [-0.3, -0.25) is 0 Å². The van der Waals surface area contributed by atoms with Crippen LogP contribution in [-0.2, 0) is 6.54 Å². The molecule has 76 valence electrons. The summed E-state index contributed by atoms with van der Waals surface area (Å²) in [4.78, 5) is 7.94. The lowest BCUT2D eigenvalue weighted by atomic mass is 10.2. The van der Waals surface area contributed by atoms with Crippen molar-refractivity contribution in [2.45, 2.75) is 19.6 Å². The van der Waals surface area contributed by atoms with Crippen LogP contribution in [0.5, 0.6) is 0 Å². The lowest BCUT2D eigenvalue weighted by molar-refractivity contribution is 0.376. The molecule has 1 unspecified atom stereocenters. The van der Waals surface area contributed by atoms with Gasteiger partial charge in [-0.25, -0.2) is 14.4 Å². The molecule has 0 aliphatic heterocycles. The first-order valence-corrected chi connectivity index (χ1v) is 4.41. The van der Waals surface area contributed by atoms with Gasteiger partial charge in [-0.15, -0.1) is 0 Å². The minimum absolute atomic E-state index is 0.185. The highest BCUT2D eigenvalue weighted by Crippen LogP contribution is 2.20. The molecule has 1 heterocycles. The summed E-state index contributed by atoms with van der Waals surface area (Å²) in [6.45, 7) is 5.77. The van der Waals surface area contributed by atoms with Crippen LogP contribution in [0.3, 0.4) is 0 Å². The molecule has 1 atom stereocenters. The van der Waals surface area contributed by atoms with Gasteiger partial charge in [0.1, 0.15) is 0 Å². The maximum atomic E-state index is 13.4. The van der Waals surface area contributed by atoms with Gasteiger partial charge in [0, 0.05) is 12.7 Å². The molecular formula is C10H14FN3. The van der Waals surface area contributed by atoms with Gasteiger partial charge in [0.15, 0.2) is 12.0 Å². The van der Waals surface area contributed by atoms with Crippen molar-refractivity contribution in [3.63, 3.8) is 0 Å². The first kappa shape index (κ1) is 10.8. The molecule has 0 aliphatic rings. The molecular weight excluding hydrogens is 181 g/mol. The molecule has 3 nitrogen and oxygen atoms in total. The van der Waals surface area contributed by atoms with Crippen molar-refractivity contribution < 1.29 is 4.39 Å². The Balaban J connectivity index is 2.87. The van der Waals surface area contributed by atoms with Gasteiger partial charge in [0.2, 0.25) is 0 Å². The average Bonchev–Trinajstić information content (AvgIpc) is 2.17. The molecule has 1 aromatic heterocycles. The highest BCUT2D eigenvalue weighted by atomic mass is 19.1. The van der Waals surface area contributed by atoms with E-state index in [0.29, 0.717) is 12.1 Å². The Bertz CT molecular complexity index is 325. The minimum Gasteiger partial charge on any atom is -0.314 e. The summed E-state index contributed by atoms with van der Waals surface area (Å²) in [5.41, 5.74) is 1.20. The van der Waals surface area contributed by atoms with Crippen LogP contribution in [0.2, 0.25) is 0 Å². The zero-order chi connectivity index (χ0) is 10.6. The van der Waals surface area contributed by atoms with Crippen LogP contribution in [0.15, 0.2) is 24.4 Å². The van der Waals surface area contributed by atoms with E-state index in [1.807, 2.05) is 7.05 Å². The monoisotopic (exact) mass is 195 g/mol. The van der Waals surface area contributed by atoms with Crippen molar-refractivity contribution in [1.82, 2.24) is 15.3 Å². The van der Waals surface area contributed by atoms with Gasteiger partial charge in [-0.2, -0.15) is 0 Å². The number of nitrogens with zero attached hydrogens (tertiary/aromatic N) is 2. The SMILES string of the molecule is C=C(C)C(F)c1nccc(CNC)n1. The summed E-state index contributed by atoms with van der Waals surface area (Å²) in [6, 6.07) is 1.76. The predicted molar refractivity (Wildman–Crippen MR) is 53.5 cm³/mol. The molecule has 4 heteroatoms. The van der Waals surface area contributed by atoms with Crippen molar-refractivity contribution in [3.8, 4) is 0 Å². The van der Waals surface area contributed by atoms with Crippen molar-refractivity contribution in [1.29, 1.82) is 0 Å². The Labute approximate surface area is 83.1 Å². The van der Waals surface area contributed by atoms with E-state index in [9.17, 15) is 4.39 Å². The maximum Gasteiger partial charge on any atom is 0.180 e. The predicted octanol–water partition coefficient (Wildman–Crippen LogP) is 1.78. The Morgan fingerprint density at radius 1 is 1.71 bits per heavy atom. The summed E-state index contributed by atoms with van der Waals surface area (Å²) in [7, 11) is 1.81. The Hall–Kier alpha value is -1.29. The fraction of sp³-hybridized carbons (Fsp3) is 0.400. The van der Waals surface area contributed by atoms with E-state index in [-0.39, 0.29) is 5.82 Å². The van der Waals surface area contributed by atoms with E-state index >= 15 is 0 Å². The number of allylic oxidation sites excluding steroid dienone is 1. The highest BCUT2D eigenvalue weighted by Gasteiger charge is 2.13. The number of nitrogens with one attached hydrogen (secondary N) is 1. The Kier molecular flexibility index (Phi) is 3.71. The zero-order valence-electron chi connectivity index (χ0n) is 8.42. The van der Waals surface area contributed by atoms with Crippen LogP contribution in [0, 0.1) is 0 Å². The number of rotatable bonds is 4. The van der Waals surface area contributed by atoms with Crippen molar-refractivity contribution >= 4 is 0 Å². The zero-order valence-corrected chi connectivity index (χ0v) is 8.42. The highest BCUT2D eigenvalue weighted by molar-refractivity contribution is 5.11. The van der Waals surface area contributed by atoms with Gasteiger partial charge in [0.05, 0.1) is 5.69 Å². The van der Waals surface area contributed by atoms with Crippen LogP contribution < -0.4 is 5.32 Å². The van der Waals surface area contributed by atoms with Gasteiger partial charge < -0.3 is 5.32 Å². The molecule has 0 amide bonds. The quantitative estimate of drug-likeness (QED) is 0.744. The molecule has 0 fully saturated rings. The van der Waals surface area contributed by atoms with E-state index in [1.165, 1.54) is 0 Å². The van der Waals surface area contributed by atoms with E-state index in [2.05, 4.69) is 21.9 Å². The van der Waals surface area contributed by atoms with Gasteiger partial charge in [-0.1, -0.05) is 6.58 Å². The second-order valence-corrected chi connectivity index (χ2v) is 3.15. The smallest absolute Gasteiger partial charge is 0.180 e. The largest absolute Gasteiger partial charge is 0.314 e. The van der Waals surface area contributed by atoms with Crippen molar-refractivity contribution in [2.75, 3.05) is 7.05 Å². The molecule has 1 aromatic rings. The number of aromatic nitrogens is 2. The van der Waals surface area contributed by atoms with Crippen LogP contribution >= 0.6 is 0 Å². The average molecular weight is 195 g/mol. The number of halogens is 1. The molecule has 0 saturated heterocycles. The van der Waals surface area contributed by atoms with Crippen molar-refractivity contribution in [2.24, 2.45) is 0 Å². The second-order valence-electron chi connectivity index (χ2n) is 3.15. The lowest BCUT2D eigenvalue weighted by Crippen LogP contribution is -2.09. The molecule has 1 N–H and O–H groups in total. The summed E-state index contributed by atoms with van der Waals surface area (Å²) in [6.07, 6.45) is 0.289. The molecule has 0 saturated carbocycles. The molecule has 0 aliphatic carbocycles. The molecule has 0 spiro atoms. The first-order chi connectivity index (χ1) is 6.65. The van der Waals surface area contributed by atoms with Crippen molar-refractivity contribution in [3.05, 3.63) is 35.9 Å².